The Hall–Kier alpha value is -2.16. The first kappa shape index (κ1) is 22.5. The Balaban J connectivity index is 0.00000256. The number of hydrogen-bond acceptors (Lipinski definition) is 4. The lowest BCUT2D eigenvalue weighted by Gasteiger charge is -2.18. The molecule has 0 saturated carbocycles. The lowest BCUT2D eigenvalue weighted by molar-refractivity contribution is 0.174. The third kappa shape index (κ3) is 5.93. The fourth-order valence-electron chi connectivity index (χ4n) is 3.84. The Labute approximate surface area is 196 Å². The van der Waals surface area contributed by atoms with Gasteiger partial charge in [0.2, 0.25) is 6.79 Å². The number of para-hydroxylation sites is 1. The zero-order chi connectivity index (χ0) is 19.9. The molecule has 1 saturated heterocycles. The molecule has 2 aliphatic heterocycles. The molecular formula is C23H31IN4O2. The van der Waals surface area contributed by atoms with Crippen LogP contribution >= 0.6 is 24.0 Å². The number of ether oxygens (including phenoxy) is 2. The summed E-state index contributed by atoms with van der Waals surface area (Å²) in [5.41, 5.74) is 2.54. The van der Waals surface area contributed by atoms with Gasteiger partial charge in [-0.1, -0.05) is 24.3 Å². The van der Waals surface area contributed by atoms with Crippen LogP contribution in [0.25, 0.3) is 0 Å². The van der Waals surface area contributed by atoms with Gasteiger partial charge in [-0.3, -0.25) is 4.99 Å². The highest BCUT2D eigenvalue weighted by atomic mass is 127. The number of rotatable bonds is 7. The summed E-state index contributed by atoms with van der Waals surface area (Å²) in [4.78, 5) is 7.29. The summed E-state index contributed by atoms with van der Waals surface area (Å²) in [6.45, 7) is 7.13. The predicted molar refractivity (Wildman–Crippen MR) is 132 cm³/mol. The lowest BCUT2D eigenvalue weighted by Crippen LogP contribution is -2.38. The van der Waals surface area contributed by atoms with Gasteiger partial charge in [0.1, 0.15) is 0 Å². The van der Waals surface area contributed by atoms with E-state index in [0.29, 0.717) is 12.7 Å². The van der Waals surface area contributed by atoms with Gasteiger partial charge in [0.15, 0.2) is 17.5 Å². The van der Waals surface area contributed by atoms with Crippen molar-refractivity contribution in [2.45, 2.75) is 19.8 Å². The zero-order valence-electron chi connectivity index (χ0n) is 17.5. The van der Waals surface area contributed by atoms with E-state index in [1.807, 2.05) is 6.07 Å². The van der Waals surface area contributed by atoms with E-state index in [1.165, 1.54) is 17.7 Å². The molecule has 2 N–H and O–H groups in total. The fourth-order valence-corrected chi connectivity index (χ4v) is 3.84. The number of halogens is 1. The number of nitrogens with one attached hydrogen (secondary N) is 2. The third-order valence-corrected chi connectivity index (χ3v) is 5.40. The molecule has 1 unspecified atom stereocenters. The van der Waals surface area contributed by atoms with E-state index in [9.17, 15) is 0 Å². The van der Waals surface area contributed by atoms with Crippen LogP contribution in [0.5, 0.6) is 11.5 Å². The third-order valence-electron chi connectivity index (χ3n) is 5.40. The van der Waals surface area contributed by atoms with Gasteiger partial charge in [0.05, 0.1) is 0 Å². The van der Waals surface area contributed by atoms with E-state index in [-0.39, 0.29) is 24.0 Å². The Morgan fingerprint density at radius 1 is 1.10 bits per heavy atom. The maximum absolute atomic E-state index is 5.46. The highest BCUT2D eigenvalue weighted by molar-refractivity contribution is 14.0. The minimum atomic E-state index is 0. The van der Waals surface area contributed by atoms with Gasteiger partial charge in [-0.2, -0.15) is 0 Å². The topological polar surface area (TPSA) is 58.1 Å². The maximum atomic E-state index is 5.46. The Bertz CT molecular complexity index is 831. The van der Waals surface area contributed by atoms with Crippen LogP contribution in [0, 0.1) is 5.92 Å². The second kappa shape index (κ2) is 11.3. The average Bonchev–Trinajstić information content (AvgIpc) is 3.42. The molecular weight excluding hydrogens is 491 g/mol. The van der Waals surface area contributed by atoms with Crippen molar-refractivity contribution in [2.24, 2.45) is 10.9 Å². The summed E-state index contributed by atoms with van der Waals surface area (Å²) >= 11 is 0. The highest BCUT2D eigenvalue weighted by Gasteiger charge is 2.22. The number of fused-ring (bicyclic) bond motifs is 1. The van der Waals surface area contributed by atoms with Gasteiger partial charge in [-0.25, -0.2) is 0 Å². The molecule has 162 valence electrons. The molecule has 1 atom stereocenters. The molecule has 0 radical (unpaired) electrons. The van der Waals surface area contributed by atoms with E-state index in [4.69, 9.17) is 14.5 Å². The highest BCUT2D eigenvalue weighted by Crippen LogP contribution is 2.32. The van der Waals surface area contributed by atoms with Gasteiger partial charge in [0.25, 0.3) is 0 Å². The van der Waals surface area contributed by atoms with Crippen LogP contribution in [0.3, 0.4) is 0 Å². The van der Waals surface area contributed by atoms with Gasteiger partial charge in [0, 0.05) is 38.4 Å². The van der Waals surface area contributed by atoms with Crippen LogP contribution in [0.2, 0.25) is 0 Å². The Kier molecular flexibility index (Phi) is 8.48. The van der Waals surface area contributed by atoms with Crippen molar-refractivity contribution in [3.05, 3.63) is 54.1 Å². The summed E-state index contributed by atoms with van der Waals surface area (Å²) in [7, 11) is 0. The minimum Gasteiger partial charge on any atom is -0.454 e. The van der Waals surface area contributed by atoms with E-state index >= 15 is 0 Å². The molecule has 0 amide bonds. The van der Waals surface area contributed by atoms with Crippen molar-refractivity contribution in [3.63, 3.8) is 0 Å². The number of aliphatic imine (C=N–C) groups is 1. The summed E-state index contributed by atoms with van der Waals surface area (Å²) in [5.74, 6) is 3.16. The van der Waals surface area contributed by atoms with Crippen LogP contribution in [-0.2, 0) is 6.42 Å². The van der Waals surface area contributed by atoms with Crippen molar-refractivity contribution in [1.29, 1.82) is 0 Å². The molecule has 4 rings (SSSR count). The van der Waals surface area contributed by atoms with Crippen molar-refractivity contribution in [1.82, 2.24) is 10.6 Å². The second-order valence-electron chi connectivity index (χ2n) is 7.52. The Morgan fingerprint density at radius 2 is 1.93 bits per heavy atom. The van der Waals surface area contributed by atoms with E-state index in [2.05, 4.69) is 64.9 Å². The molecule has 0 spiro atoms. The summed E-state index contributed by atoms with van der Waals surface area (Å²) in [6.07, 6.45) is 2.10. The van der Waals surface area contributed by atoms with Gasteiger partial charge < -0.3 is 25.0 Å². The number of hydrogen-bond donors (Lipinski definition) is 2. The molecule has 6 nitrogen and oxygen atoms in total. The molecule has 30 heavy (non-hydrogen) atoms. The molecule has 7 heteroatoms. The van der Waals surface area contributed by atoms with Crippen LogP contribution in [-0.4, -0.2) is 45.5 Å². The zero-order valence-corrected chi connectivity index (χ0v) is 19.8. The SMILES string of the molecule is CCNC(=NCC1CCN(c2ccccc2)C1)NCCc1ccc2c(c1)OCO2.I. The standard InChI is InChI=1S/C23H30N4O2.HI/c1-2-24-23(25-12-10-18-8-9-21-22(14-18)29-17-28-21)26-15-19-11-13-27(16-19)20-6-4-3-5-7-20;/h3-9,14,19H,2,10-13,15-17H2,1H3,(H2,24,25,26);1H. The van der Waals surface area contributed by atoms with Crippen LogP contribution in [0.15, 0.2) is 53.5 Å². The van der Waals surface area contributed by atoms with Crippen molar-refractivity contribution >= 4 is 35.6 Å². The predicted octanol–water partition coefficient (Wildman–Crippen LogP) is 3.66. The van der Waals surface area contributed by atoms with Crippen molar-refractivity contribution in [3.8, 4) is 11.5 Å². The van der Waals surface area contributed by atoms with Crippen LogP contribution in [0.4, 0.5) is 5.69 Å². The lowest BCUT2D eigenvalue weighted by atomic mass is 10.1. The summed E-state index contributed by atoms with van der Waals surface area (Å²) in [5, 5.41) is 6.81. The van der Waals surface area contributed by atoms with Crippen LogP contribution < -0.4 is 25.0 Å². The fraction of sp³-hybridized carbons (Fsp3) is 0.435. The molecule has 2 aromatic rings. The largest absolute Gasteiger partial charge is 0.454 e. The number of guanidine groups is 1. The average molecular weight is 522 g/mol. The first-order valence-corrected chi connectivity index (χ1v) is 10.5. The molecule has 0 bridgehead atoms. The van der Waals surface area contributed by atoms with Crippen LogP contribution in [0.1, 0.15) is 18.9 Å². The number of nitrogens with zero attached hydrogens (tertiary/aromatic N) is 2. The van der Waals surface area contributed by atoms with Crippen molar-refractivity contribution < 1.29 is 9.47 Å². The smallest absolute Gasteiger partial charge is 0.231 e. The first-order valence-electron chi connectivity index (χ1n) is 10.5. The van der Waals surface area contributed by atoms with Gasteiger partial charge in [-0.15, -0.1) is 24.0 Å². The molecule has 2 heterocycles. The normalized spacial score (nSPS) is 17.6. The van der Waals surface area contributed by atoms with E-state index in [0.717, 1.165) is 56.6 Å². The number of benzene rings is 2. The van der Waals surface area contributed by atoms with Crippen molar-refractivity contribution in [2.75, 3.05) is 44.4 Å². The molecule has 0 aliphatic carbocycles. The second-order valence-corrected chi connectivity index (χ2v) is 7.52. The molecule has 2 aromatic carbocycles. The minimum absolute atomic E-state index is 0. The van der Waals surface area contributed by atoms with E-state index in [1.54, 1.807) is 0 Å². The maximum Gasteiger partial charge on any atom is 0.231 e. The molecule has 1 fully saturated rings. The quantitative estimate of drug-likeness (QED) is 0.331. The summed E-state index contributed by atoms with van der Waals surface area (Å²) < 4.78 is 10.8. The Morgan fingerprint density at radius 3 is 2.77 bits per heavy atom. The van der Waals surface area contributed by atoms with E-state index < -0.39 is 0 Å². The van der Waals surface area contributed by atoms with Gasteiger partial charge >= 0.3 is 0 Å². The molecule has 2 aliphatic rings. The number of anilines is 1. The summed E-state index contributed by atoms with van der Waals surface area (Å²) in [6, 6.07) is 16.8. The first-order chi connectivity index (χ1) is 14.3. The monoisotopic (exact) mass is 522 g/mol. The van der Waals surface area contributed by atoms with Gasteiger partial charge in [-0.05, 0) is 55.5 Å². The molecule has 0 aromatic heterocycles.